The number of hydrogen-bond acceptors (Lipinski definition) is 3. The van der Waals surface area contributed by atoms with Crippen molar-refractivity contribution in [2.45, 2.75) is 26.4 Å². The predicted octanol–water partition coefficient (Wildman–Crippen LogP) is 1.65. The van der Waals surface area contributed by atoms with E-state index >= 15 is 0 Å². The number of likely N-dealkylation sites (N-methyl/N-ethyl adjacent to an activating group) is 1. The summed E-state index contributed by atoms with van der Waals surface area (Å²) in [5.41, 5.74) is 0.964. The van der Waals surface area contributed by atoms with Gasteiger partial charge in [0.2, 0.25) is 5.91 Å². The minimum absolute atomic E-state index is 0.0746. The molecule has 102 valence electrons. The van der Waals surface area contributed by atoms with Crippen LogP contribution in [-0.4, -0.2) is 30.4 Å². The number of nitriles is 1. The van der Waals surface area contributed by atoms with Gasteiger partial charge in [0.15, 0.2) is 0 Å². The van der Waals surface area contributed by atoms with Gasteiger partial charge in [0.1, 0.15) is 5.82 Å². The van der Waals surface area contributed by atoms with Gasteiger partial charge in [-0.2, -0.15) is 5.26 Å². The summed E-state index contributed by atoms with van der Waals surface area (Å²) in [6.45, 7) is 4.43. The molecule has 1 aromatic carbocycles. The van der Waals surface area contributed by atoms with Crippen LogP contribution in [0.1, 0.15) is 25.0 Å². The lowest BCUT2D eigenvalue weighted by molar-refractivity contribution is -0.122. The van der Waals surface area contributed by atoms with Crippen LogP contribution in [0.3, 0.4) is 0 Å². The van der Waals surface area contributed by atoms with Crippen molar-refractivity contribution in [3.05, 3.63) is 35.1 Å². The number of hydrogen-bond donors (Lipinski definition) is 1. The third-order valence-corrected chi connectivity index (χ3v) is 2.40. The number of amides is 1. The zero-order chi connectivity index (χ0) is 14.4. The van der Waals surface area contributed by atoms with Crippen LogP contribution < -0.4 is 5.32 Å². The molecule has 0 aliphatic heterocycles. The van der Waals surface area contributed by atoms with Crippen LogP contribution in [0.4, 0.5) is 4.39 Å². The van der Waals surface area contributed by atoms with Gasteiger partial charge in [-0.05, 0) is 44.7 Å². The lowest BCUT2D eigenvalue weighted by Gasteiger charge is -2.17. The molecule has 1 N–H and O–H groups in total. The van der Waals surface area contributed by atoms with E-state index < -0.39 is 5.82 Å². The molecule has 0 atom stereocenters. The van der Waals surface area contributed by atoms with Gasteiger partial charge in [-0.15, -0.1) is 0 Å². The second-order valence-electron chi connectivity index (χ2n) is 4.85. The van der Waals surface area contributed by atoms with E-state index in [1.807, 2.05) is 19.9 Å². The van der Waals surface area contributed by atoms with Crippen molar-refractivity contribution in [2.75, 3.05) is 13.6 Å². The normalized spacial score (nSPS) is 10.6. The van der Waals surface area contributed by atoms with Crippen molar-refractivity contribution < 1.29 is 9.18 Å². The SMILES string of the molecule is CC(C)NC(=O)CN(C)Cc1cc(F)cc(C#N)c1. The van der Waals surface area contributed by atoms with Crippen LogP contribution >= 0.6 is 0 Å². The van der Waals surface area contributed by atoms with E-state index in [-0.39, 0.29) is 24.1 Å². The molecule has 0 radical (unpaired) electrons. The lowest BCUT2D eigenvalue weighted by Crippen LogP contribution is -2.38. The first-order valence-electron chi connectivity index (χ1n) is 6.08. The molecule has 1 amide bonds. The fourth-order valence-electron chi connectivity index (χ4n) is 1.79. The number of nitrogens with one attached hydrogen (secondary N) is 1. The Bertz CT molecular complexity index is 494. The molecule has 0 saturated heterocycles. The summed E-state index contributed by atoms with van der Waals surface area (Å²) in [5.74, 6) is -0.511. The van der Waals surface area contributed by atoms with Gasteiger partial charge < -0.3 is 5.32 Å². The van der Waals surface area contributed by atoms with Crippen LogP contribution in [0.2, 0.25) is 0 Å². The zero-order valence-electron chi connectivity index (χ0n) is 11.4. The highest BCUT2D eigenvalue weighted by Gasteiger charge is 2.09. The molecule has 4 nitrogen and oxygen atoms in total. The van der Waals surface area contributed by atoms with Crippen molar-refractivity contribution >= 4 is 5.91 Å². The number of carbonyl (C=O) groups excluding carboxylic acids is 1. The average Bonchev–Trinajstić information content (AvgIpc) is 2.26. The van der Waals surface area contributed by atoms with E-state index in [0.717, 1.165) is 0 Å². The Morgan fingerprint density at radius 2 is 2.16 bits per heavy atom. The summed E-state index contributed by atoms with van der Waals surface area (Å²) in [7, 11) is 1.77. The molecule has 19 heavy (non-hydrogen) atoms. The summed E-state index contributed by atoms with van der Waals surface area (Å²) in [6, 6.07) is 6.20. The summed E-state index contributed by atoms with van der Waals surface area (Å²) in [5, 5.41) is 11.6. The van der Waals surface area contributed by atoms with Crippen molar-refractivity contribution in [3.63, 3.8) is 0 Å². The van der Waals surface area contributed by atoms with Gasteiger partial charge in [0, 0.05) is 12.6 Å². The Kier molecular flexibility index (Phi) is 5.46. The molecule has 1 rings (SSSR count). The monoisotopic (exact) mass is 263 g/mol. The summed E-state index contributed by atoms with van der Waals surface area (Å²) < 4.78 is 13.3. The van der Waals surface area contributed by atoms with Gasteiger partial charge in [-0.3, -0.25) is 9.69 Å². The topological polar surface area (TPSA) is 56.1 Å². The fourth-order valence-corrected chi connectivity index (χ4v) is 1.79. The second kappa shape index (κ2) is 6.86. The Hall–Kier alpha value is -1.93. The number of carbonyl (C=O) groups is 1. The number of halogens is 1. The highest BCUT2D eigenvalue weighted by Crippen LogP contribution is 2.10. The van der Waals surface area contributed by atoms with Crippen LogP contribution in [0.15, 0.2) is 18.2 Å². The third-order valence-electron chi connectivity index (χ3n) is 2.40. The van der Waals surface area contributed by atoms with Crippen LogP contribution in [0, 0.1) is 17.1 Å². The second-order valence-corrected chi connectivity index (χ2v) is 4.85. The Balaban J connectivity index is 2.62. The molecule has 0 saturated carbocycles. The van der Waals surface area contributed by atoms with E-state index in [2.05, 4.69) is 5.32 Å². The van der Waals surface area contributed by atoms with Crippen LogP contribution in [0.5, 0.6) is 0 Å². The number of rotatable bonds is 5. The van der Waals surface area contributed by atoms with Crippen molar-refractivity contribution in [2.24, 2.45) is 0 Å². The molecule has 0 spiro atoms. The van der Waals surface area contributed by atoms with E-state index in [0.29, 0.717) is 12.1 Å². The Labute approximate surface area is 112 Å². The van der Waals surface area contributed by atoms with Crippen molar-refractivity contribution in [1.82, 2.24) is 10.2 Å². The van der Waals surface area contributed by atoms with Crippen LogP contribution in [0.25, 0.3) is 0 Å². The van der Waals surface area contributed by atoms with Crippen molar-refractivity contribution in [1.29, 1.82) is 5.26 Å². The third kappa shape index (κ3) is 5.49. The first-order chi connectivity index (χ1) is 8.90. The van der Waals surface area contributed by atoms with Crippen LogP contribution in [-0.2, 0) is 11.3 Å². The zero-order valence-corrected chi connectivity index (χ0v) is 11.4. The molecule has 1 aromatic rings. The Morgan fingerprint density at radius 1 is 1.47 bits per heavy atom. The average molecular weight is 263 g/mol. The maximum Gasteiger partial charge on any atom is 0.234 e. The molecule has 5 heteroatoms. The maximum absolute atomic E-state index is 13.3. The summed E-state index contributed by atoms with van der Waals surface area (Å²) in [4.78, 5) is 13.3. The smallest absolute Gasteiger partial charge is 0.234 e. The molecular weight excluding hydrogens is 245 g/mol. The van der Waals surface area contributed by atoms with Gasteiger partial charge in [0.25, 0.3) is 0 Å². The largest absolute Gasteiger partial charge is 0.353 e. The molecule has 0 heterocycles. The standard InChI is InChI=1S/C14H18FN3O/c1-10(2)17-14(19)9-18(3)8-12-4-11(7-16)5-13(15)6-12/h4-6,10H,8-9H2,1-3H3,(H,17,19). The van der Waals surface area contributed by atoms with E-state index in [9.17, 15) is 9.18 Å². The number of benzene rings is 1. The predicted molar refractivity (Wildman–Crippen MR) is 70.7 cm³/mol. The summed E-state index contributed by atoms with van der Waals surface area (Å²) in [6.07, 6.45) is 0. The molecule has 0 fully saturated rings. The maximum atomic E-state index is 13.3. The molecule has 0 bridgehead atoms. The fraction of sp³-hybridized carbons (Fsp3) is 0.429. The first kappa shape index (κ1) is 15.1. The Morgan fingerprint density at radius 3 is 2.74 bits per heavy atom. The molecule has 0 aromatic heterocycles. The van der Waals surface area contributed by atoms with Crippen molar-refractivity contribution in [3.8, 4) is 6.07 Å². The first-order valence-corrected chi connectivity index (χ1v) is 6.08. The lowest BCUT2D eigenvalue weighted by atomic mass is 10.1. The minimum atomic E-state index is -0.436. The highest BCUT2D eigenvalue weighted by molar-refractivity contribution is 5.78. The minimum Gasteiger partial charge on any atom is -0.353 e. The molecule has 0 aliphatic carbocycles. The molecule has 0 aliphatic rings. The summed E-state index contributed by atoms with van der Waals surface area (Å²) >= 11 is 0. The van der Waals surface area contributed by atoms with Gasteiger partial charge in [-0.1, -0.05) is 0 Å². The van der Waals surface area contributed by atoms with E-state index in [4.69, 9.17) is 5.26 Å². The van der Waals surface area contributed by atoms with Gasteiger partial charge in [-0.25, -0.2) is 4.39 Å². The van der Waals surface area contributed by atoms with E-state index in [1.165, 1.54) is 12.1 Å². The molecular formula is C14H18FN3O. The number of nitrogens with zero attached hydrogens (tertiary/aromatic N) is 2. The molecule has 0 unspecified atom stereocenters. The highest BCUT2D eigenvalue weighted by atomic mass is 19.1. The quantitative estimate of drug-likeness (QED) is 0.879. The van der Waals surface area contributed by atoms with E-state index in [1.54, 1.807) is 18.0 Å². The van der Waals surface area contributed by atoms with Gasteiger partial charge in [0.05, 0.1) is 18.2 Å². The van der Waals surface area contributed by atoms with Gasteiger partial charge >= 0.3 is 0 Å².